The third-order valence-electron chi connectivity index (χ3n) is 2.89. The Bertz CT molecular complexity index is 844. The molecule has 1 amide bonds. The molecule has 0 radical (unpaired) electrons. The van der Waals surface area contributed by atoms with Crippen LogP contribution in [0.4, 0.5) is 5.95 Å². The topological polar surface area (TPSA) is 102 Å². The number of hydrogen-bond donors (Lipinski definition) is 1. The third kappa shape index (κ3) is 2.23. The zero-order valence-electron chi connectivity index (χ0n) is 11.0. The molecular weight excluding hydrogens is 290 g/mol. The third-order valence-corrected chi connectivity index (χ3v) is 3.76. The molecule has 0 aliphatic carbocycles. The summed E-state index contributed by atoms with van der Waals surface area (Å²) in [4.78, 5) is 31.2. The second-order valence-electron chi connectivity index (χ2n) is 4.42. The summed E-state index contributed by atoms with van der Waals surface area (Å²) in [5, 5.41) is 16.1. The van der Waals surface area contributed by atoms with E-state index in [1.54, 1.807) is 19.1 Å². The van der Waals surface area contributed by atoms with Crippen molar-refractivity contribution in [3.8, 4) is 16.6 Å². The fourth-order valence-electron chi connectivity index (χ4n) is 1.98. The Labute approximate surface area is 123 Å². The Morgan fingerprint density at radius 2 is 2.29 bits per heavy atom. The minimum atomic E-state index is -0.585. The summed E-state index contributed by atoms with van der Waals surface area (Å²) in [6.07, 6.45) is 0.193. The summed E-state index contributed by atoms with van der Waals surface area (Å²) >= 11 is 1.36. The average Bonchev–Trinajstić information content (AvgIpc) is 3.07. The maximum Gasteiger partial charge on any atom is 0.270 e. The van der Waals surface area contributed by atoms with Gasteiger partial charge in [0.1, 0.15) is 17.3 Å². The van der Waals surface area contributed by atoms with E-state index in [0.717, 1.165) is 5.01 Å². The van der Waals surface area contributed by atoms with Gasteiger partial charge in [-0.2, -0.15) is 15.4 Å². The lowest BCUT2D eigenvalue weighted by molar-refractivity contribution is -0.117. The number of aromatic amines is 1. The first kappa shape index (κ1) is 13.2. The van der Waals surface area contributed by atoms with Gasteiger partial charge in [0, 0.05) is 5.71 Å². The number of hydrogen-bond acceptors (Lipinski definition) is 6. The largest absolute Gasteiger partial charge is 0.290 e. The van der Waals surface area contributed by atoms with E-state index in [1.807, 2.05) is 11.4 Å². The molecule has 1 N–H and O–H groups in total. The van der Waals surface area contributed by atoms with Crippen LogP contribution in [0.2, 0.25) is 0 Å². The fourth-order valence-corrected chi connectivity index (χ4v) is 2.70. The SMILES string of the molecule is CC1=NN(c2nc(-c3cccs3)c(C#N)c(=O)[nH]2)C(=O)C1. The number of nitrogens with zero attached hydrogens (tertiary/aromatic N) is 4. The number of anilines is 1. The summed E-state index contributed by atoms with van der Waals surface area (Å²) in [7, 11) is 0. The van der Waals surface area contributed by atoms with E-state index < -0.39 is 5.56 Å². The molecule has 0 atom stereocenters. The molecule has 1 aliphatic heterocycles. The maximum absolute atomic E-state index is 12.0. The Kier molecular flexibility index (Phi) is 3.12. The van der Waals surface area contributed by atoms with Crippen LogP contribution >= 0.6 is 11.3 Å². The first-order valence-corrected chi connectivity index (χ1v) is 6.93. The molecule has 0 unspecified atom stereocenters. The number of thiophene rings is 1. The summed E-state index contributed by atoms with van der Waals surface area (Å²) in [5.74, 6) is -0.235. The van der Waals surface area contributed by atoms with E-state index in [4.69, 9.17) is 5.26 Å². The zero-order chi connectivity index (χ0) is 15.0. The second-order valence-corrected chi connectivity index (χ2v) is 5.37. The van der Waals surface area contributed by atoms with Gasteiger partial charge in [-0.3, -0.25) is 14.6 Å². The highest BCUT2D eigenvalue weighted by atomic mass is 32.1. The first-order chi connectivity index (χ1) is 10.1. The normalized spacial score (nSPS) is 14.2. The van der Waals surface area contributed by atoms with Gasteiger partial charge in [0.05, 0.1) is 11.3 Å². The van der Waals surface area contributed by atoms with Crippen molar-refractivity contribution in [1.82, 2.24) is 9.97 Å². The number of amides is 1. The molecular formula is C13H9N5O2S. The molecule has 104 valence electrons. The fraction of sp³-hybridized carbons (Fsp3) is 0.154. The monoisotopic (exact) mass is 299 g/mol. The summed E-state index contributed by atoms with van der Waals surface area (Å²) < 4.78 is 0. The molecule has 2 aromatic rings. The Hall–Kier alpha value is -2.79. The number of hydrazone groups is 1. The molecule has 0 aromatic carbocycles. The number of carbonyl (C=O) groups excluding carboxylic acids is 1. The Morgan fingerprint density at radius 1 is 1.48 bits per heavy atom. The second kappa shape index (κ2) is 4.96. The van der Waals surface area contributed by atoms with E-state index in [1.165, 1.54) is 11.3 Å². The number of aromatic nitrogens is 2. The molecule has 0 fully saturated rings. The highest BCUT2D eigenvalue weighted by Crippen LogP contribution is 2.26. The summed E-state index contributed by atoms with van der Waals surface area (Å²) in [6.45, 7) is 1.72. The average molecular weight is 299 g/mol. The molecule has 7 nitrogen and oxygen atoms in total. The predicted octanol–water partition coefficient (Wildman–Crippen LogP) is 1.48. The van der Waals surface area contributed by atoms with E-state index in [9.17, 15) is 9.59 Å². The van der Waals surface area contributed by atoms with Gasteiger partial charge in [-0.05, 0) is 18.4 Å². The molecule has 0 spiro atoms. The van der Waals surface area contributed by atoms with E-state index >= 15 is 0 Å². The summed E-state index contributed by atoms with van der Waals surface area (Å²) in [5.41, 5.74) is 0.246. The molecule has 2 aromatic heterocycles. The predicted molar refractivity (Wildman–Crippen MR) is 78.1 cm³/mol. The lowest BCUT2D eigenvalue weighted by atomic mass is 10.2. The van der Waals surface area contributed by atoms with E-state index in [-0.39, 0.29) is 29.5 Å². The molecule has 0 saturated heterocycles. The number of rotatable bonds is 2. The van der Waals surface area contributed by atoms with Gasteiger partial charge >= 0.3 is 0 Å². The molecule has 0 bridgehead atoms. The van der Waals surface area contributed by atoms with E-state index in [2.05, 4.69) is 15.1 Å². The van der Waals surface area contributed by atoms with Gasteiger partial charge in [-0.25, -0.2) is 4.98 Å². The van der Waals surface area contributed by atoms with Gasteiger partial charge in [-0.15, -0.1) is 11.3 Å². The van der Waals surface area contributed by atoms with Crippen LogP contribution in [0.3, 0.4) is 0 Å². The van der Waals surface area contributed by atoms with Gasteiger partial charge in [0.25, 0.3) is 11.5 Å². The van der Waals surface area contributed by atoms with Crippen LogP contribution in [0.25, 0.3) is 10.6 Å². The van der Waals surface area contributed by atoms with Crippen molar-refractivity contribution in [3.63, 3.8) is 0 Å². The number of carbonyl (C=O) groups is 1. The van der Waals surface area contributed by atoms with Crippen molar-refractivity contribution >= 4 is 28.9 Å². The van der Waals surface area contributed by atoms with Crippen LogP contribution in [0.5, 0.6) is 0 Å². The lowest BCUT2D eigenvalue weighted by Gasteiger charge is -2.11. The molecule has 0 saturated carbocycles. The number of nitriles is 1. The molecule has 3 heterocycles. The Morgan fingerprint density at radius 3 is 2.86 bits per heavy atom. The molecule has 21 heavy (non-hydrogen) atoms. The van der Waals surface area contributed by atoms with Crippen molar-refractivity contribution in [2.24, 2.45) is 5.10 Å². The van der Waals surface area contributed by atoms with Crippen molar-refractivity contribution in [2.75, 3.05) is 5.01 Å². The highest BCUT2D eigenvalue weighted by Gasteiger charge is 2.26. The van der Waals surface area contributed by atoms with Gasteiger partial charge in [0.15, 0.2) is 0 Å². The number of H-pyrrole nitrogens is 1. The van der Waals surface area contributed by atoms with Gasteiger partial charge in [0.2, 0.25) is 5.95 Å². The molecule has 8 heteroatoms. The van der Waals surface area contributed by atoms with Crippen LogP contribution < -0.4 is 10.6 Å². The standard InChI is InChI=1S/C13H9N5O2S/c1-7-5-10(19)18(17-7)13-15-11(9-3-2-4-21-9)8(6-14)12(20)16-13/h2-4H,5H2,1H3,(H,15,16,20). The molecule has 1 aliphatic rings. The zero-order valence-corrected chi connectivity index (χ0v) is 11.8. The minimum absolute atomic E-state index is 0.0317. The summed E-state index contributed by atoms with van der Waals surface area (Å²) in [6, 6.07) is 5.41. The van der Waals surface area contributed by atoms with Crippen LogP contribution in [0, 0.1) is 11.3 Å². The minimum Gasteiger partial charge on any atom is -0.290 e. The molecule has 3 rings (SSSR count). The van der Waals surface area contributed by atoms with Crippen LogP contribution in [-0.4, -0.2) is 21.6 Å². The first-order valence-electron chi connectivity index (χ1n) is 6.05. The number of nitrogens with one attached hydrogen (secondary N) is 1. The van der Waals surface area contributed by atoms with Crippen molar-refractivity contribution in [3.05, 3.63) is 33.4 Å². The quantitative estimate of drug-likeness (QED) is 0.907. The van der Waals surface area contributed by atoms with Crippen LogP contribution in [-0.2, 0) is 4.79 Å². The smallest absolute Gasteiger partial charge is 0.270 e. The van der Waals surface area contributed by atoms with Crippen molar-refractivity contribution < 1.29 is 4.79 Å². The van der Waals surface area contributed by atoms with Gasteiger partial charge < -0.3 is 0 Å². The van der Waals surface area contributed by atoms with Crippen molar-refractivity contribution in [2.45, 2.75) is 13.3 Å². The van der Waals surface area contributed by atoms with Gasteiger partial charge in [-0.1, -0.05) is 6.07 Å². The van der Waals surface area contributed by atoms with Crippen LogP contribution in [0.15, 0.2) is 27.4 Å². The van der Waals surface area contributed by atoms with Crippen LogP contribution in [0.1, 0.15) is 18.9 Å². The van der Waals surface area contributed by atoms with E-state index in [0.29, 0.717) is 10.6 Å². The maximum atomic E-state index is 12.0. The lowest BCUT2D eigenvalue weighted by Crippen LogP contribution is -2.26. The highest BCUT2D eigenvalue weighted by molar-refractivity contribution is 7.13. The van der Waals surface area contributed by atoms with Crippen molar-refractivity contribution in [1.29, 1.82) is 5.26 Å². The Balaban J connectivity index is 2.20.